The maximum Gasteiger partial charge on any atom is 0.407 e. The highest BCUT2D eigenvalue weighted by molar-refractivity contribution is 5.82. The number of nitrogens with zero attached hydrogens (tertiary/aromatic N) is 3. The van der Waals surface area contributed by atoms with Gasteiger partial charge >= 0.3 is 6.09 Å². The van der Waals surface area contributed by atoms with Gasteiger partial charge in [0.1, 0.15) is 11.6 Å². The van der Waals surface area contributed by atoms with Gasteiger partial charge in [-0.1, -0.05) is 48.5 Å². The lowest BCUT2D eigenvalue weighted by atomic mass is 10.0. The van der Waals surface area contributed by atoms with Crippen molar-refractivity contribution < 1.29 is 28.6 Å². The van der Waals surface area contributed by atoms with Crippen LogP contribution in [0.1, 0.15) is 57.2 Å². The molecule has 3 amide bonds. The van der Waals surface area contributed by atoms with Crippen LogP contribution in [0, 0.1) is 5.92 Å². The van der Waals surface area contributed by atoms with Crippen LogP contribution >= 0.6 is 0 Å². The standard InChI is InChI=1S/C38H49N7O6/c1-24-6-16-33(45(24)36(47)18-25(2)50-4)37-41-21-32(44-37)30-14-10-28(11-15-30)27-8-12-29(13-9-27)31-20-39-34(43-31)17-7-26(23-49-3)19-40-35(46)22-42-38(48)51-5/h8-15,20-21,24-26,33H,6-7,16-19,22-23H2,1-5H3,(H,39,43)(H,40,46)(H,41,44)(H,42,48). The minimum Gasteiger partial charge on any atom is -0.453 e. The molecule has 2 aromatic heterocycles. The molecule has 3 heterocycles. The zero-order chi connectivity index (χ0) is 36.3. The minimum atomic E-state index is -0.650. The second-order valence-corrected chi connectivity index (χ2v) is 13.1. The van der Waals surface area contributed by atoms with Gasteiger partial charge < -0.3 is 39.7 Å². The summed E-state index contributed by atoms with van der Waals surface area (Å²) in [6.07, 6.45) is 6.55. The summed E-state index contributed by atoms with van der Waals surface area (Å²) < 4.78 is 15.2. The largest absolute Gasteiger partial charge is 0.453 e. The molecule has 4 aromatic rings. The van der Waals surface area contributed by atoms with E-state index in [0.29, 0.717) is 26.0 Å². The molecule has 1 saturated heterocycles. The van der Waals surface area contributed by atoms with Gasteiger partial charge in [-0.15, -0.1) is 0 Å². The van der Waals surface area contributed by atoms with E-state index in [9.17, 15) is 14.4 Å². The molecule has 13 nitrogen and oxygen atoms in total. The first kappa shape index (κ1) is 37.3. The lowest BCUT2D eigenvalue weighted by molar-refractivity contribution is -0.136. The number of alkyl carbamates (subject to hydrolysis) is 1. The molecule has 51 heavy (non-hydrogen) atoms. The number of nitrogens with one attached hydrogen (secondary N) is 4. The molecule has 1 aliphatic rings. The maximum atomic E-state index is 13.1. The van der Waals surface area contributed by atoms with Gasteiger partial charge in [0, 0.05) is 39.1 Å². The van der Waals surface area contributed by atoms with Crippen LogP contribution in [0.4, 0.5) is 4.79 Å². The predicted molar refractivity (Wildman–Crippen MR) is 194 cm³/mol. The molecule has 0 saturated carbocycles. The number of likely N-dealkylation sites (tertiary alicyclic amines) is 1. The highest BCUT2D eigenvalue weighted by Crippen LogP contribution is 2.36. The fourth-order valence-corrected chi connectivity index (χ4v) is 6.45. The van der Waals surface area contributed by atoms with Crippen molar-refractivity contribution in [3.8, 4) is 33.6 Å². The van der Waals surface area contributed by atoms with E-state index in [1.54, 1.807) is 14.2 Å². The van der Waals surface area contributed by atoms with Crippen molar-refractivity contribution in [2.24, 2.45) is 5.92 Å². The van der Waals surface area contributed by atoms with Crippen molar-refractivity contribution in [2.75, 3.05) is 41.0 Å². The van der Waals surface area contributed by atoms with Crippen molar-refractivity contribution >= 4 is 17.9 Å². The molecular formula is C38H49N7O6. The van der Waals surface area contributed by atoms with Crippen LogP contribution in [0.3, 0.4) is 0 Å². The molecule has 1 aliphatic heterocycles. The van der Waals surface area contributed by atoms with Crippen molar-refractivity contribution in [1.82, 2.24) is 35.5 Å². The molecule has 2 aromatic carbocycles. The molecule has 4 unspecified atom stereocenters. The lowest BCUT2D eigenvalue weighted by Gasteiger charge is -2.28. The highest BCUT2D eigenvalue weighted by Gasteiger charge is 2.37. The SMILES string of the molecule is COCC(CCc1ncc(-c2ccc(-c3ccc(-c4cnc(C5CCC(C)N5C(=O)CC(C)OC)[nH]4)cc3)cc2)[nH]1)CNC(=O)CNC(=O)OC. The second-order valence-electron chi connectivity index (χ2n) is 13.1. The Morgan fingerprint density at radius 1 is 0.882 bits per heavy atom. The quantitative estimate of drug-likeness (QED) is 0.123. The number of rotatable bonds is 16. The number of aryl methyl sites for hydroxylation is 1. The molecule has 4 N–H and O–H groups in total. The number of aromatic nitrogens is 4. The zero-order valence-electron chi connectivity index (χ0n) is 30.0. The molecule has 272 valence electrons. The number of aromatic amines is 2. The van der Waals surface area contributed by atoms with Gasteiger partial charge in [-0.05, 0) is 55.4 Å². The van der Waals surface area contributed by atoms with Crippen LogP contribution < -0.4 is 10.6 Å². The van der Waals surface area contributed by atoms with Crippen molar-refractivity contribution in [3.05, 3.63) is 72.6 Å². The second kappa shape index (κ2) is 17.8. The molecule has 0 spiro atoms. The number of hydrogen-bond donors (Lipinski definition) is 4. The number of ether oxygens (including phenoxy) is 3. The summed E-state index contributed by atoms with van der Waals surface area (Å²) in [5.41, 5.74) is 6.11. The van der Waals surface area contributed by atoms with Gasteiger partial charge in [0.15, 0.2) is 0 Å². The van der Waals surface area contributed by atoms with Crippen molar-refractivity contribution in [3.63, 3.8) is 0 Å². The average Bonchev–Trinajstić information content (AvgIpc) is 3.92. The van der Waals surface area contributed by atoms with Crippen LogP contribution in [0.2, 0.25) is 0 Å². The number of carbonyl (C=O) groups excluding carboxylic acids is 3. The first-order valence-corrected chi connectivity index (χ1v) is 17.4. The first-order chi connectivity index (χ1) is 24.7. The fraction of sp³-hybridized carbons (Fsp3) is 0.447. The van der Waals surface area contributed by atoms with E-state index >= 15 is 0 Å². The molecule has 0 aliphatic carbocycles. The summed E-state index contributed by atoms with van der Waals surface area (Å²) in [7, 11) is 4.51. The summed E-state index contributed by atoms with van der Waals surface area (Å²) in [5.74, 6) is 1.56. The summed E-state index contributed by atoms with van der Waals surface area (Å²) in [5, 5.41) is 5.20. The first-order valence-electron chi connectivity index (χ1n) is 17.4. The Labute approximate surface area is 298 Å². The van der Waals surface area contributed by atoms with Gasteiger partial charge in [0.25, 0.3) is 0 Å². The molecule has 13 heteroatoms. The van der Waals surface area contributed by atoms with Crippen LogP contribution in [-0.2, 0) is 30.2 Å². The molecular weight excluding hydrogens is 650 g/mol. The predicted octanol–water partition coefficient (Wildman–Crippen LogP) is 5.28. The Morgan fingerprint density at radius 2 is 1.51 bits per heavy atom. The van der Waals surface area contributed by atoms with E-state index in [-0.39, 0.29) is 42.5 Å². The van der Waals surface area contributed by atoms with Gasteiger partial charge in [0.05, 0.1) is 62.6 Å². The summed E-state index contributed by atoms with van der Waals surface area (Å²) in [6.45, 7) is 4.77. The summed E-state index contributed by atoms with van der Waals surface area (Å²) >= 11 is 0. The highest BCUT2D eigenvalue weighted by atomic mass is 16.5. The Morgan fingerprint density at radius 3 is 2.14 bits per heavy atom. The van der Waals surface area contributed by atoms with E-state index in [1.807, 2.05) is 24.2 Å². The minimum absolute atomic E-state index is 0.0647. The third-order valence-corrected chi connectivity index (χ3v) is 9.44. The van der Waals surface area contributed by atoms with E-state index in [1.165, 1.54) is 7.11 Å². The van der Waals surface area contributed by atoms with Crippen molar-refractivity contribution in [1.29, 1.82) is 0 Å². The topological polar surface area (TPSA) is 164 Å². The van der Waals surface area contributed by atoms with Crippen molar-refractivity contribution in [2.45, 2.75) is 64.1 Å². The smallest absolute Gasteiger partial charge is 0.407 e. The number of benzene rings is 2. The molecule has 4 atom stereocenters. The van der Waals surface area contributed by atoms with E-state index in [2.05, 4.69) is 85.8 Å². The zero-order valence-corrected chi connectivity index (χ0v) is 30.0. The number of carbonyl (C=O) groups is 3. The number of H-pyrrole nitrogens is 2. The van der Waals surface area contributed by atoms with E-state index in [0.717, 1.165) is 64.6 Å². The molecule has 0 bridgehead atoms. The Balaban J connectivity index is 1.15. The summed E-state index contributed by atoms with van der Waals surface area (Å²) in [6, 6.07) is 16.8. The molecule has 0 radical (unpaired) electrons. The van der Waals surface area contributed by atoms with E-state index < -0.39 is 6.09 Å². The number of imidazole rings is 2. The molecule has 5 rings (SSSR count). The van der Waals surface area contributed by atoms with Crippen LogP contribution in [0.15, 0.2) is 60.9 Å². The average molecular weight is 700 g/mol. The molecule has 1 fully saturated rings. The number of methoxy groups -OCH3 is 3. The Bertz CT molecular complexity index is 1740. The normalized spacial score (nSPS) is 16.8. The fourth-order valence-electron chi connectivity index (χ4n) is 6.45. The van der Waals surface area contributed by atoms with Gasteiger partial charge in [-0.3, -0.25) is 9.59 Å². The van der Waals surface area contributed by atoms with Crippen LogP contribution in [-0.4, -0.2) is 95.9 Å². The van der Waals surface area contributed by atoms with Crippen LogP contribution in [0.25, 0.3) is 33.6 Å². The van der Waals surface area contributed by atoms with E-state index in [4.69, 9.17) is 14.5 Å². The Kier molecular flexibility index (Phi) is 13.0. The maximum absolute atomic E-state index is 13.1. The Hall–Kier alpha value is -5.01. The summed E-state index contributed by atoms with van der Waals surface area (Å²) in [4.78, 5) is 54.5. The number of amides is 3. The third-order valence-electron chi connectivity index (χ3n) is 9.44. The third kappa shape index (κ3) is 9.83. The lowest BCUT2D eigenvalue weighted by Crippen LogP contribution is -2.39. The monoisotopic (exact) mass is 699 g/mol. The van der Waals surface area contributed by atoms with Gasteiger partial charge in [0.2, 0.25) is 11.8 Å². The van der Waals surface area contributed by atoms with Gasteiger partial charge in [-0.2, -0.15) is 0 Å². The van der Waals surface area contributed by atoms with Crippen LogP contribution in [0.5, 0.6) is 0 Å². The number of hydrogen-bond acceptors (Lipinski definition) is 8. The van der Waals surface area contributed by atoms with Gasteiger partial charge in [-0.25, -0.2) is 14.8 Å².